The van der Waals surface area contributed by atoms with Crippen molar-refractivity contribution in [2.45, 2.75) is 23.5 Å². The Bertz CT molecular complexity index is 864. The number of benzene rings is 2. The maximum Gasteiger partial charge on any atom is 0.264 e. The predicted octanol–water partition coefficient (Wildman–Crippen LogP) is 3.47. The highest BCUT2D eigenvalue weighted by atomic mass is 32.2. The molecule has 7 heteroatoms. The zero-order valence-corrected chi connectivity index (χ0v) is 16.3. The first kappa shape index (κ1) is 18.9. The van der Waals surface area contributed by atoms with Crippen molar-refractivity contribution in [3.63, 3.8) is 0 Å². The third kappa shape index (κ3) is 5.09. The van der Waals surface area contributed by atoms with Gasteiger partial charge >= 0.3 is 0 Å². The molecular formula is C19H21NO4S2. The first-order valence-corrected chi connectivity index (χ1v) is 11.2. The van der Waals surface area contributed by atoms with Crippen molar-refractivity contribution >= 4 is 27.8 Å². The Morgan fingerprint density at radius 1 is 1.12 bits per heavy atom. The van der Waals surface area contributed by atoms with E-state index in [9.17, 15) is 8.42 Å². The summed E-state index contributed by atoms with van der Waals surface area (Å²) in [6, 6.07) is 17.5. The van der Waals surface area contributed by atoms with E-state index in [1.165, 1.54) is 0 Å². The van der Waals surface area contributed by atoms with Crippen LogP contribution in [0.3, 0.4) is 0 Å². The molecule has 0 radical (unpaired) electrons. The van der Waals surface area contributed by atoms with Gasteiger partial charge in [0.1, 0.15) is 12.1 Å². The summed E-state index contributed by atoms with van der Waals surface area (Å²) in [5, 5.41) is 0. The summed E-state index contributed by atoms with van der Waals surface area (Å²) >= 11 is 1.66. The van der Waals surface area contributed by atoms with Crippen LogP contribution in [-0.2, 0) is 25.5 Å². The van der Waals surface area contributed by atoms with Gasteiger partial charge < -0.3 is 4.74 Å². The second-order valence-corrected chi connectivity index (χ2v) is 8.58. The number of nitrogens with zero attached hydrogens (tertiary/aromatic N) is 1. The average Bonchev–Trinajstić information content (AvgIpc) is 3.03. The fourth-order valence-electron chi connectivity index (χ4n) is 2.77. The van der Waals surface area contributed by atoms with E-state index in [1.807, 2.05) is 60.9 Å². The van der Waals surface area contributed by atoms with Crippen LogP contribution in [0.15, 0.2) is 64.5 Å². The molecule has 5 nitrogen and oxygen atoms in total. The van der Waals surface area contributed by atoms with Crippen LogP contribution in [0.25, 0.3) is 0 Å². The van der Waals surface area contributed by atoms with Gasteiger partial charge in [-0.3, -0.25) is 4.18 Å². The van der Waals surface area contributed by atoms with E-state index in [4.69, 9.17) is 8.92 Å². The Kier molecular flexibility index (Phi) is 6.01. The molecule has 0 aliphatic carbocycles. The van der Waals surface area contributed by atoms with Gasteiger partial charge in [0.15, 0.2) is 5.90 Å². The van der Waals surface area contributed by atoms with Gasteiger partial charge in [-0.2, -0.15) is 8.42 Å². The highest BCUT2D eigenvalue weighted by molar-refractivity contribution is 7.98. The van der Waals surface area contributed by atoms with Crippen molar-refractivity contribution in [3.05, 3.63) is 65.7 Å². The maximum atomic E-state index is 11.4. The van der Waals surface area contributed by atoms with Crippen molar-refractivity contribution in [2.75, 3.05) is 19.1 Å². The molecule has 26 heavy (non-hydrogen) atoms. The molecule has 2 aromatic rings. The van der Waals surface area contributed by atoms with Crippen molar-refractivity contribution in [2.24, 2.45) is 4.99 Å². The summed E-state index contributed by atoms with van der Waals surface area (Å²) in [5.41, 5.74) is 2.05. The highest BCUT2D eigenvalue weighted by Crippen LogP contribution is 2.31. The molecule has 0 bridgehead atoms. The minimum Gasteiger partial charge on any atom is -0.470 e. The van der Waals surface area contributed by atoms with Crippen LogP contribution in [0.5, 0.6) is 0 Å². The van der Waals surface area contributed by atoms with Gasteiger partial charge in [-0.25, -0.2) is 4.99 Å². The standard InChI is InChI=1S/C19H21NO4S2/c1-25-16-10-8-15(9-11-16)19-17(13-23-26(2,21)22)20-18(24-19)12-14-6-4-3-5-7-14/h3-11,17,19H,12-13H2,1-2H3. The lowest BCUT2D eigenvalue weighted by Crippen LogP contribution is -2.22. The predicted molar refractivity (Wildman–Crippen MR) is 104 cm³/mol. The number of hydrogen-bond acceptors (Lipinski definition) is 6. The Labute approximate surface area is 158 Å². The molecule has 1 aliphatic heterocycles. The smallest absolute Gasteiger partial charge is 0.264 e. The van der Waals surface area contributed by atoms with Crippen LogP contribution in [0.2, 0.25) is 0 Å². The summed E-state index contributed by atoms with van der Waals surface area (Å²) < 4.78 is 33.8. The van der Waals surface area contributed by atoms with E-state index in [1.54, 1.807) is 11.8 Å². The van der Waals surface area contributed by atoms with Crippen LogP contribution in [0.4, 0.5) is 0 Å². The van der Waals surface area contributed by atoms with Gasteiger partial charge in [0, 0.05) is 11.3 Å². The fraction of sp³-hybridized carbons (Fsp3) is 0.316. The Hall–Kier alpha value is -1.83. The van der Waals surface area contributed by atoms with Gasteiger partial charge in [-0.05, 0) is 29.5 Å². The summed E-state index contributed by atoms with van der Waals surface area (Å²) in [6.07, 6.45) is 3.27. The number of hydrogen-bond donors (Lipinski definition) is 0. The van der Waals surface area contributed by atoms with Gasteiger partial charge in [-0.15, -0.1) is 11.8 Å². The van der Waals surface area contributed by atoms with Crippen LogP contribution in [-0.4, -0.2) is 39.5 Å². The molecule has 2 atom stereocenters. The van der Waals surface area contributed by atoms with Gasteiger partial charge in [-0.1, -0.05) is 42.5 Å². The summed E-state index contributed by atoms with van der Waals surface area (Å²) in [5.74, 6) is 0.595. The molecule has 138 valence electrons. The molecule has 0 N–H and O–H groups in total. The summed E-state index contributed by atoms with van der Waals surface area (Å²) in [7, 11) is -3.53. The van der Waals surface area contributed by atoms with Crippen molar-refractivity contribution < 1.29 is 17.3 Å². The number of ether oxygens (including phenoxy) is 1. The molecule has 1 aliphatic rings. The molecule has 3 rings (SSSR count). The topological polar surface area (TPSA) is 65.0 Å². The molecule has 0 saturated heterocycles. The summed E-state index contributed by atoms with van der Waals surface area (Å²) in [4.78, 5) is 5.74. The minimum absolute atomic E-state index is 0.0356. The molecule has 0 amide bonds. The van der Waals surface area contributed by atoms with E-state index < -0.39 is 16.2 Å². The molecular weight excluding hydrogens is 370 g/mol. The van der Waals surface area contributed by atoms with Crippen molar-refractivity contribution in [3.8, 4) is 0 Å². The lowest BCUT2D eigenvalue weighted by atomic mass is 10.0. The van der Waals surface area contributed by atoms with Gasteiger partial charge in [0.2, 0.25) is 0 Å². The molecule has 0 saturated carbocycles. The highest BCUT2D eigenvalue weighted by Gasteiger charge is 2.33. The van der Waals surface area contributed by atoms with Crippen LogP contribution < -0.4 is 0 Å². The molecule has 0 aromatic heterocycles. The number of rotatable bonds is 7. The van der Waals surface area contributed by atoms with E-state index in [-0.39, 0.29) is 12.7 Å². The van der Waals surface area contributed by atoms with Crippen LogP contribution >= 0.6 is 11.8 Å². The van der Waals surface area contributed by atoms with Crippen molar-refractivity contribution in [1.82, 2.24) is 0 Å². The zero-order chi connectivity index (χ0) is 18.6. The first-order chi connectivity index (χ1) is 12.4. The van der Waals surface area contributed by atoms with Crippen LogP contribution in [0, 0.1) is 0 Å². The van der Waals surface area contributed by atoms with Gasteiger partial charge in [0.05, 0.1) is 12.9 Å². The van der Waals surface area contributed by atoms with Crippen molar-refractivity contribution in [1.29, 1.82) is 0 Å². The average molecular weight is 392 g/mol. The van der Waals surface area contributed by atoms with Crippen LogP contribution in [0.1, 0.15) is 17.2 Å². The fourth-order valence-corrected chi connectivity index (χ4v) is 3.56. The molecule has 1 heterocycles. The molecule has 2 unspecified atom stereocenters. The second-order valence-electron chi connectivity index (χ2n) is 6.05. The maximum absolute atomic E-state index is 11.4. The quantitative estimate of drug-likeness (QED) is 0.534. The number of aliphatic imine (C=N–C) groups is 1. The molecule has 0 fully saturated rings. The summed E-state index contributed by atoms with van der Waals surface area (Å²) in [6.45, 7) is -0.0356. The second kappa shape index (κ2) is 8.24. The first-order valence-electron chi connectivity index (χ1n) is 8.20. The lowest BCUT2D eigenvalue weighted by molar-refractivity contribution is 0.160. The largest absolute Gasteiger partial charge is 0.470 e. The van der Waals surface area contributed by atoms with E-state index >= 15 is 0 Å². The monoisotopic (exact) mass is 391 g/mol. The minimum atomic E-state index is -3.53. The zero-order valence-electron chi connectivity index (χ0n) is 14.7. The SMILES string of the molecule is CSc1ccc(C2OC(Cc3ccccc3)=NC2COS(C)(=O)=O)cc1. The molecule has 2 aromatic carbocycles. The Morgan fingerprint density at radius 2 is 1.81 bits per heavy atom. The van der Waals surface area contributed by atoms with E-state index in [0.29, 0.717) is 12.3 Å². The Morgan fingerprint density at radius 3 is 2.42 bits per heavy atom. The number of thioether (sulfide) groups is 1. The third-order valence-corrected chi connectivity index (χ3v) is 5.33. The molecule has 0 spiro atoms. The van der Waals surface area contributed by atoms with E-state index in [0.717, 1.165) is 22.3 Å². The Balaban J connectivity index is 1.79. The van der Waals surface area contributed by atoms with Gasteiger partial charge in [0.25, 0.3) is 10.1 Å². The third-order valence-electron chi connectivity index (χ3n) is 4.02. The normalized spacial score (nSPS) is 19.8. The van der Waals surface area contributed by atoms with E-state index in [2.05, 4.69) is 4.99 Å². The lowest BCUT2D eigenvalue weighted by Gasteiger charge is -2.18.